The standard InChI is InChI=1S/C29H43N3O3/c1-3-5-17-32-27(33)26(21-23-9-7-6-8-10-23)30-28(34)29(32)15-18-31(19-16-29)22-24-11-13-25(14-12-24)35-20-4-2/h7,9,11-14,23,26H,3-6,8,10,15-22H2,1-2H3,(H,30,34). The van der Waals surface area contributed by atoms with Gasteiger partial charge in [0.1, 0.15) is 17.3 Å². The lowest BCUT2D eigenvalue weighted by molar-refractivity contribution is -0.161. The van der Waals surface area contributed by atoms with Crippen LogP contribution in [0.5, 0.6) is 5.75 Å². The molecule has 1 aromatic carbocycles. The number of nitrogens with one attached hydrogen (secondary N) is 1. The molecular weight excluding hydrogens is 438 g/mol. The maximum Gasteiger partial charge on any atom is 0.246 e. The summed E-state index contributed by atoms with van der Waals surface area (Å²) in [4.78, 5) is 31.6. The first-order valence-corrected chi connectivity index (χ1v) is 13.8. The molecule has 4 rings (SSSR count). The van der Waals surface area contributed by atoms with Crippen LogP contribution >= 0.6 is 0 Å². The largest absolute Gasteiger partial charge is 0.494 e. The van der Waals surface area contributed by atoms with Crippen molar-refractivity contribution >= 4 is 11.8 Å². The van der Waals surface area contributed by atoms with Gasteiger partial charge in [0.05, 0.1) is 6.61 Å². The number of amides is 2. The Morgan fingerprint density at radius 1 is 1.09 bits per heavy atom. The Kier molecular flexibility index (Phi) is 8.88. The average molecular weight is 482 g/mol. The van der Waals surface area contributed by atoms with Crippen LogP contribution in [0.2, 0.25) is 0 Å². The number of carbonyl (C=O) groups is 2. The molecule has 192 valence electrons. The van der Waals surface area contributed by atoms with E-state index in [1.54, 1.807) is 0 Å². The van der Waals surface area contributed by atoms with Gasteiger partial charge in [-0.15, -0.1) is 0 Å². The van der Waals surface area contributed by atoms with Crippen LogP contribution in [0.15, 0.2) is 36.4 Å². The van der Waals surface area contributed by atoms with Crippen molar-refractivity contribution in [3.8, 4) is 5.75 Å². The van der Waals surface area contributed by atoms with Crippen LogP contribution in [0.25, 0.3) is 0 Å². The van der Waals surface area contributed by atoms with Gasteiger partial charge in [0.2, 0.25) is 11.8 Å². The summed E-state index contributed by atoms with van der Waals surface area (Å²) < 4.78 is 5.70. The molecule has 2 aliphatic heterocycles. The van der Waals surface area contributed by atoms with Crippen LogP contribution in [0.1, 0.15) is 77.2 Å². The fourth-order valence-electron chi connectivity index (χ4n) is 5.81. The Labute approximate surface area is 211 Å². The van der Waals surface area contributed by atoms with Crippen molar-refractivity contribution < 1.29 is 14.3 Å². The first-order chi connectivity index (χ1) is 17.1. The Balaban J connectivity index is 1.40. The molecule has 1 spiro atoms. The van der Waals surface area contributed by atoms with Crippen molar-refractivity contribution in [3.63, 3.8) is 0 Å². The molecule has 3 aliphatic rings. The Hall–Kier alpha value is -2.34. The minimum absolute atomic E-state index is 0.0649. The molecule has 0 radical (unpaired) electrons. The molecule has 1 N–H and O–H groups in total. The van der Waals surface area contributed by atoms with Crippen molar-refractivity contribution in [2.45, 2.75) is 89.8 Å². The molecular formula is C29H43N3O3. The topological polar surface area (TPSA) is 61.9 Å². The van der Waals surface area contributed by atoms with E-state index in [0.29, 0.717) is 25.3 Å². The smallest absolute Gasteiger partial charge is 0.246 e. The highest BCUT2D eigenvalue weighted by Crippen LogP contribution is 2.35. The third-order valence-electron chi connectivity index (χ3n) is 7.92. The number of hydrogen-bond donors (Lipinski definition) is 1. The summed E-state index contributed by atoms with van der Waals surface area (Å²) in [6.45, 7) is 8.15. The SMILES string of the molecule is CCCCN1C(=O)C(CC2C=CCCC2)NC(=O)C12CCN(Cc1ccc(OCCC)cc1)CC2. The van der Waals surface area contributed by atoms with Crippen molar-refractivity contribution in [2.75, 3.05) is 26.2 Å². The van der Waals surface area contributed by atoms with Crippen molar-refractivity contribution in [1.82, 2.24) is 15.1 Å². The summed E-state index contributed by atoms with van der Waals surface area (Å²) in [5.74, 6) is 1.50. The number of ether oxygens (including phenoxy) is 1. The second-order valence-electron chi connectivity index (χ2n) is 10.5. The van der Waals surface area contributed by atoms with Crippen LogP contribution in [-0.2, 0) is 16.1 Å². The maximum absolute atomic E-state index is 13.7. The monoisotopic (exact) mass is 481 g/mol. The molecule has 6 heteroatoms. The summed E-state index contributed by atoms with van der Waals surface area (Å²) in [5.41, 5.74) is 0.553. The fraction of sp³-hybridized carbons (Fsp3) is 0.655. The van der Waals surface area contributed by atoms with E-state index < -0.39 is 5.54 Å². The summed E-state index contributed by atoms with van der Waals surface area (Å²) >= 11 is 0. The highest BCUT2D eigenvalue weighted by molar-refractivity contribution is 6.00. The molecule has 0 bridgehead atoms. The van der Waals surface area contributed by atoms with E-state index in [2.05, 4.69) is 48.3 Å². The number of rotatable bonds is 10. The number of allylic oxidation sites excluding steroid dienone is 2. The molecule has 2 amide bonds. The number of nitrogens with zero attached hydrogens (tertiary/aromatic N) is 2. The number of benzene rings is 1. The van der Waals surface area contributed by atoms with Crippen LogP contribution in [-0.4, -0.2) is 59.4 Å². The average Bonchev–Trinajstić information content (AvgIpc) is 2.89. The highest BCUT2D eigenvalue weighted by atomic mass is 16.5. The maximum atomic E-state index is 13.7. The quantitative estimate of drug-likeness (QED) is 0.493. The van der Waals surface area contributed by atoms with Gasteiger partial charge in [-0.2, -0.15) is 0 Å². The third-order valence-corrected chi connectivity index (χ3v) is 7.92. The predicted octanol–water partition coefficient (Wildman–Crippen LogP) is 4.68. The minimum atomic E-state index is -0.695. The molecule has 0 aromatic heterocycles. The normalized spacial score (nSPS) is 24.6. The number of piperazine rings is 1. The van der Waals surface area contributed by atoms with Gasteiger partial charge >= 0.3 is 0 Å². The van der Waals surface area contributed by atoms with Crippen LogP contribution < -0.4 is 10.1 Å². The number of likely N-dealkylation sites (tertiary alicyclic amines) is 1. The molecule has 1 aromatic rings. The molecule has 6 nitrogen and oxygen atoms in total. The van der Waals surface area contributed by atoms with Crippen molar-refractivity contribution in [1.29, 1.82) is 0 Å². The predicted molar refractivity (Wildman–Crippen MR) is 139 cm³/mol. The van der Waals surface area contributed by atoms with Gasteiger partial charge in [0.15, 0.2) is 0 Å². The lowest BCUT2D eigenvalue weighted by Crippen LogP contribution is -2.73. The molecule has 35 heavy (non-hydrogen) atoms. The van der Waals surface area contributed by atoms with E-state index in [1.807, 2.05) is 17.0 Å². The lowest BCUT2D eigenvalue weighted by atomic mass is 9.80. The van der Waals surface area contributed by atoms with Gasteiger partial charge in [0, 0.05) is 26.2 Å². The van der Waals surface area contributed by atoms with Gasteiger partial charge in [-0.3, -0.25) is 14.5 Å². The Bertz CT molecular complexity index is 874. The highest BCUT2D eigenvalue weighted by Gasteiger charge is 2.53. The van der Waals surface area contributed by atoms with Crippen LogP contribution in [0.4, 0.5) is 0 Å². The summed E-state index contributed by atoms with van der Waals surface area (Å²) in [6, 6.07) is 7.95. The van der Waals surface area contributed by atoms with Gasteiger partial charge < -0.3 is 15.0 Å². The van der Waals surface area contributed by atoms with Gasteiger partial charge in [0.25, 0.3) is 0 Å². The molecule has 2 atom stereocenters. The first kappa shape index (κ1) is 25.7. The van der Waals surface area contributed by atoms with Crippen molar-refractivity contribution in [3.05, 3.63) is 42.0 Å². The summed E-state index contributed by atoms with van der Waals surface area (Å²) in [6.07, 6.45) is 12.9. The van der Waals surface area contributed by atoms with E-state index in [9.17, 15) is 9.59 Å². The Morgan fingerprint density at radius 3 is 2.51 bits per heavy atom. The molecule has 0 saturated carbocycles. The minimum Gasteiger partial charge on any atom is -0.494 e. The van der Waals surface area contributed by atoms with Crippen molar-refractivity contribution in [2.24, 2.45) is 5.92 Å². The van der Waals surface area contributed by atoms with Gasteiger partial charge in [-0.1, -0.05) is 44.6 Å². The first-order valence-electron chi connectivity index (χ1n) is 13.8. The molecule has 1 aliphatic carbocycles. The zero-order valence-electron chi connectivity index (χ0n) is 21.6. The van der Waals surface area contributed by atoms with Gasteiger partial charge in [-0.05, 0) is 75.0 Å². The van der Waals surface area contributed by atoms with E-state index in [-0.39, 0.29) is 17.9 Å². The zero-order valence-corrected chi connectivity index (χ0v) is 21.6. The molecule has 2 heterocycles. The van der Waals surface area contributed by atoms with Crippen LogP contribution in [0, 0.1) is 5.92 Å². The zero-order chi connectivity index (χ0) is 24.7. The van der Waals surface area contributed by atoms with E-state index in [0.717, 1.165) is 70.5 Å². The van der Waals surface area contributed by atoms with E-state index in [1.165, 1.54) is 12.0 Å². The number of hydrogen-bond acceptors (Lipinski definition) is 4. The third kappa shape index (κ3) is 6.08. The number of unbranched alkanes of at least 4 members (excludes halogenated alkanes) is 1. The van der Waals surface area contributed by atoms with Crippen LogP contribution in [0.3, 0.4) is 0 Å². The second kappa shape index (κ2) is 12.1. The second-order valence-corrected chi connectivity index (χ2v) is 10.5. The summed E-state index contributed by atoms with van der Waals surface area (Å²) in [7, 11) is 0. The summed E-state index contributed by atoms with van der Waals surface area (Å²) in [5, 5.41) is 3.17. The number of carbonyl (C=O) groups excluding carboxylic acids is 2. The molecule has 2 fully saturated rings. The lowest BCUT2D eigenvalue weighted by Gasteiger charge is -2.52. The van der Waals surface area contributed by atoms with E-state index >= 15 is 0 Å². The van der Waals surface area contributed by atoms with Gasteiger partial charge in [-0.25, -0.2) is 0 Å². The fourth-order valence-corrected chi connectivity index (χ4v) is 5.81. The molecule has 2 unspecified atom stereocenters. The molecule has 2 saturated heterocycles. The Morgan fingerprint density at radius 2 is 1.86 bits per heavy atom. The van der Waals surface area contributed by atoms with E-state index in [4.69, 9.17) is 4.74 Å². The number of piperidine rings is 1.